The van der Waals surface area contributed by atoms with Gasteiger partial charge in [-0.2, -0.15) is 4.39 Å². The van der Waals surface area contributed by atoms with Crippen molar-refractivity contribution in [3.63, 3.8) is 0 Å². The number of nitro groups is 1. The minimum atomic E-state index is -1.38. The third-order valence-corrected chi connectivity index (χ3v) is 3.07. The van der Waals surface area contributed by atoms with Crippen molar-refractivity contribution < 1.29 is 23.2 Å². The van der Waals surface area contributed by atoms with Crippen LogP contribution in [0.25, 0.3) is 0 Å². The molecule has 7 heteroatoms. The zero-order valence-electron chi connectivity index (χ0n) is 12.4. The van der Waals surface area contributed by atoms with E-state index in [1.54, 1.807) is 6.92 Å². The van der Waals surface area contributed by atoms with Crippen molar-refractivity contribution >= 4 is 5.69 Å². The van der Waals surface area contributed by atoms with Gasteiger partial charge in [-0.3, -0.25) is 10.1 Å². The van der Waals surface area contributed by atoms with Crippen molar-refractivity contribution in [3.05, 3.63) is 69.8 Å². The molecule has 0 aliphatic rings. The Kier molecular flexibility index (Phi) is 5.59. The summed E-state index contributed by atoms with van der Waals surface area (Å²) in [5.74, 6) is -3.30. The van der Waals surface area contributed by atoms with E-state index in [1.807, 2.05) is 30.3 Å². The Labute approximate surface area is 131 Å². The van der Waals surface area contributed by atoms with E-state index in [1.165, 1.54) is 0 Å². The van der Waals surface area contributed by atoms with Crippen molar-refractivity contribution in [2.45, 2.75) is 19.6 Å². The summed E-state index contributed by atoms with van der Waals surface area (Å²) < 4.78 is 37.5. The molecular weight excluding hydrogens is 308 g/mol. The molecule has 2 aromatic rings. The van der Waals surface area contributed by atoms with Crippen LogP contribution in [-0.2, 0) is 11.3 Å². The molecule has 0 bridgehead atoms. The number of nitro benzene ring substituents is 1. The average Bonchev–Trinajstić information content (AvgIpc) is 2.55. The molecule has 2 rings (SSSR count). The third-order valence-electron chi connectivity index (χ3n) is 3.07. The highest BCUT2D eigenvalue weighted by atomic mass is 19.2. The van der Waals surface area contributed by atoms with Gasteiger partial charge in [0.2, 0.25) is 11.6 Å². The predicted octanol–water partition coefficient (Wildman–Crippen LogP) is 3.86. The van der Waals surface area contributed by atoms with Gasteiger partial charge in [-0.25, -0.2) is 4.39 Å². The molecule has 2 aromatic carbocycles. The van der Waals surface area contributed by atoms with Crippen molar-refractivity contribution in [2.75, 3.05) is 6.61 Å². The SMILES string of the molecule is C[C@H](COc1c([N+](=O)[O-])ccc(F)c1F)OCc1ccccc1. The van der Waals surface area contributed by atoms with E-state index in [-0.39, 0.29) is 6.61 Å². The molecule has 0 aliphatic heterocycles. The van der Waals surface area contributed by atoms with Gasteiger partial charge in [0, 0.05) is 6.07 Å². The first-order chi connectivity index (χ1) is 11.0. The van der Waals surface area contributed by atoms with E-state index in [0.29, 0.717) is 12.7 Å². The first kappa shape index (κ1) is 16.8. The summed E-state index contributed by atoms with van der Waals surface area (Å²) >= 11 is 0. The maximum atomic E-state index is 13.7. The zero-order chi connectivity index (χ0) is 16.8. The lowest BCUT2D eigenvalue weighted by atomic mass is 10.2. The van der Waals surface area contributed by atoms with Crippen molar-refractivity contribution in [3.8, 4) is 5.75 Å². The molecule has 1 atom stereocenters. The monoisotopic (exact) mass is 323 g/mol. The fourth-order valence-corrected chi connectivity index (χ4v) is 1.86. The smallest absolute Gasteiger partial charge is 0.314 e. The second-order valence-corrected chi connectivity index (χ2v) is 4.88. The molecule has 23 heavy (non-hydrogen) atoms. The molecular formula is C16H15F2NO4. The predicted molar refractivity (Wildman–Crippen MR) is 79.2 cm³/mol. The molecule has 122 valence electrons. The Balaban J connectivity index is 1.97. The quantitative estimate of drug-likeness (QED) is 0.573. The Bertz CT molecular complexity index is 679. The first-order valence-corrected chi connectivity index (χ1v) is 6.89. The van der Waals surface area contributed by atoms with Gasteiger partial charge in [0.1, 0.15) is 6.61 Å². The normalized spacial score (nSPS) is 12.0. The van der Waals surface area contributed by atoms with Gasteiger partial charge in [0.15, 0.2) is 5.82 Å². The number of rotatable bonds is 7. The third kappa shape index (κ3) is 4.46. The lowest BCUT2D eigenvalue weighted by molar-refractivity contribution is -0.386. The van der Waals surface area contributed by atoms with Crippen LogP contribution in [0.4, 0.5) is 14.5 Å². The van der Waals surface area contributed by atoms with E-state index in [4.69, 9.17) is 9.47 Å². The van der Waals surface area contributed by atoms with E-state index in [0.717, 1.165) is 11.6 Å². The second kappa shape index (κ2) is 7.64. The lowest BCUT2D eigenvalue weighted by Gasteiger charge is -2.15. The molecule has 0 N–H and O–H groups in total. The number of halogens is 2. The molecule has 0 fully saturated rings. The number of benzene rings is 2. The fraction of sp³-hybridized carbons (Fsp3) is 0.250. The summed E-state index contributed by atoms with van der Waals surface area (Å²) in [5, 5.41) is 10.8. The van der Waals surface area contributed by atoms with E-state index in [2.05, 4.69) is 0 Å². The number of hydrogen-bond donors (Lipinski definition) is 0. The molecule has 0 unspecified atom stereocenters. The molecule has 0 aliphatic carbocycles. The molecule has 0 radical (unpaired) electrons. The number of hydrogen-bond acceptors (Lipinski definition) is 4. The molecule has 0 saturated carbocycles. The summed E-state index contributed by atoms with van der Waals surface area (Å²) in [6.45, 7) is 1.85. The van der Waals surface area contributed by atoms with Crippen molar-refractivity contribution in [1.82, 2.24) is 0 Å². The highest BCUT2D eigenvalue weighted by Crippen LogP contribution is 2.31. The average molecular weight is 323 g/mol. The van der Waals surface area contributed by atoms with Crippen LogP contribution in [0.15, 0.2) is 42.5 Å². The van der Waals surface area contributed by atoms with Gasteiger partial charge in [0.05, 0.1) is 17.6 Å². The summed E-state index contributed by atoms with van der Waals surface area (Å²) in [7, 11) is 0. The van der Waals surface area contributed by atoms with Crippen LogP contribution in [0.3, 0.4) is 0 Å². The van der Waals surface area contributed by atoms with Crippen molar-refractivity contribution in [2.24, 2.45) is 0 Å². The Hall–Kier alpha value is -2.54. The number of nitrogens with zero attached hydrogens (tertiary/aromatic N) is 1. The van der Waals surface area contributed by atoms with Crippen LogP contribution < -0.4 is 4.74 Å². The van der Waals surface area contributed by atoms with Gasteiger partial charge in [-0.05, 0) is 18.6 Å². The van der Waals surface area contributed by atoms with Crippen LogP contribution >= 0.6 is 0 Å². The molecule has 0 amide bonds. The van der Waals surface area contributed by atoms with Gasteiger partial charge in [0.25, 0.3) is 0 Å². The van der Waals surface area contributed by atoms with Gasteiger partial charge >= 0.3 is 5.69 Å². The minimum absolute atomic E-state index is 0.145. The van der Waals surface area contributed by atoms with Crippen LogP contribution in [0.1, 0.15) is 12.5 Å². The largest absolute Gasteiger partial charge is 0.482 e. The Morgan fingerprint density at radius 2 is 1.87 bits per heavy atom. The summed E-state index contributed by atoms with van der Waals surface area (Å²) in [5.41, 5.74) is 0.321. The molecule has 0 saturated heterocycles. The standard InChI is InChI=1S/C16H15F2NO4/c1-11(22-10-12-5-3-2-4-6-12)9-23-16-14(19(20)21)8-7-13(17)15(16)18/h2-8,11H,9-10H2,1H3/t11-/m1/s1. The van der Waals surface area contributed by atoms with E-state index in [9.17, 15) is 18.9 Å². The zero-order valence-corrected chi connectivity index (χ0v) is 12.4. The van der Waals surface area contributed by atoms with Gasteiger partial charge < -0.3 is 9.47 Å². The Morgan fingerprint density at radius 1 is 1.17 bits per heavy atom. The molecule has 0 aromatic heterocycles. The van der Waals surface area contributed by atoms with Crippen molar-refractivity contribution in [1.29, 1.82) is 0 Å². The maximum absolute atomic E-state index is 13.7. The summed E-state index contributed by atoms with van der Waals surface area (Å²) in [6, 6.07) is 10.9. The summed E-state index contributed by atoms with van der Waals surface area (Å²) in [4.78, 5) is 10.0. The van der Waals surface area contributed by atoms with E-state index >= 15 is 0 Å². The molecule has 0 spiro atoms. The molecule has 0 heterocycles. The second-order valence-electron chi connectivity index (χ2n) is 4.88. The van der Waals surface area contributed by atoms with Crippen LogP contribution in [0.2, 0.25) is 0 Å². The van der Waals surface area contributed by atoms with Crippen LogP contribution in [-0.4, -0.2) is 17.6 Å². The van der Waals surface area contributed by atoms with Gasteiger partial charge in [-0.1, -0.05) is 30.3 Å². The Morgan fingerprint density at radius 3 is 2.52 bits per heavy atom. The van der Waals surface area contributed by atoms with Gasteiger partial charge in [-0.15, -0.1) is 0 Å². The topological polar surface area (TPSA) is 61.6 Å². The maximum Gasteiger partial charge on any atom is 0.314 e. The number of ether oxygens (including phenoxy) is 2. The fourth-order valence-electron chi connectivity index (χ4n) is 1.86. The highest BCUT2D eigenvalue weighted by Gasteiger charge is 2.23. The lowest BCUT2D eigenvalue weighted by Crippen LogP contribution is -2.19. The summed E-state index contributed by atoms with van der Waals surface area (Å²) in [6.07, 6.45) is -0.461. The van der Waals surface area contributed by atoms with E-state index < -0.39 is 34.1 Å². The minimum Gasteiger partial charge on any atom is -0.482 e. The molecule has 5 nitrogen and oxygen atoms in total. The highest BCUT2D eigenvalue weighted by molar-refractivity contribution is 5.47. The van der Waals surface area contributed by atoms with Crippen LogP contribution in [0.5, 0.6) is 5.75 Å². The van der Waals surface area contributed by atoms with Crippen LogP contribution in [0, 0.1) is 21.7 Å². The first-order valence-electron chi connectivity index (χ1n) is 6.89.